The average Bonchev–Trinajstić information content (AvgIpc) is 3.30. The molecule has 2 N–H and O–H groups in total. The molecule has 3 nitrogen and oxygen atoms in total. The Balaban J connectivity index is 1.42. The lowest BCUT2D eigenvalue weighted by atomic mass is 9.76. The number of rotatable bonds is 4. The van der Waals surface area contributed by atoms with Crippen molar-refractivity contribution in [3.63, 3.8) is 0 Å². The van der Waals surface area contributed by atoms with Gasteiger partial charge in [-0.15, -0.1) is 0 Å². The maximum Gasteiger partial charge on any atom is 0.255 e. The molecule has 1 aliphatic heterocycles. The van der Waals surface area contributed by atoms with Gasteiger partial charge in [-0.25, -0.2) is 0 Å². The lowest BCUT2D eigenvalue weighted by molar-refractivity contribution is 0.102. The van der Waals surface area contributed by atoms with Gasteiger partial charge >= 0.3 is 0 Å². The average molecular weight is 409 g/mol. The highest BCUT2D eigenvalue weighted by molar-refractivity contribution is 6.04. The first-order chi connectivity index (χ1) is 15.1. The fraction of sp³-hybridized carbons (Fsp3) is 0.250. The van der Waals surface area contributed by atoms with Crippen LogP contribution in [0.25, 0.3) is 0 Å². The van der Waals surface area contributed by atoms with Gasteiger partial charge in [0.15, 0.2) is 0 Å². The number of carbonyl (C=O) groups is 1. The van der Waals surface area contributed by atoms with Crippen LogP contribution in [0.5, 0.6) is 0 Å². The van der Waals surface area contributed by atoms with E-state index in [9.17, 15) is 4.79 Å². The zero-order chi connectivity index (χ0) is 21.4. The van der Waals surface area contributed by atoms with E-state index in [1.807, 2.05) is 36.4 Å². The van der Waals surface area contributed by atoms with Crippen molar-refractivity contribution in [3.05, 3.63) is 107 Å². The Hall–Kier alpha value is -3.33. The van der Waals surface area contributed by atoms with Crippen molar-refractivity contribution in [2.24, 2.45) is 5.92 Å². The fourth-order valence-corrected chi connectivity index (χ4v) is 4.88. The molecular weight excluding hydrogens is 380 g/mol. The largest absolute Gasteiger partial charge is 0.378 e. The molecule has 3 unspecified atom stereocenters. The van der Waals surface area contributed by atoms with Gasteiger partial charge in [-0.2, -0.15) is 0 Å². The maximum absolute atomic E-state index is 12.6. The van der Waals surface area contributed by atoms with Gasteiger partial charge in [-0.3, -0.25) is 4.79 Å². The van der Waals surface area contributed by atoms with Crippen molar-refractivity contribution in [1.29, 1.82) is 0 Å². The summed E-state index contributed by atoms with van der Waals surface area (Å²) >= 11 is 0. The van der Waals surface area contributed by atoms with Crippen LogP contribution in [0.3, 0.4) is 0 Å². The second kappa shape index (κ2) is 8.07. The molecule has 156 valence electrons. The van der Waals surface area contributed by atoms with Crippen LogP contribution in [0.2, 0.25) is 0 Å². The Labute approximate surface area is 184 Å². The molecule has 31 heavy (non-hydrogen) atoms. The lowest BCUT2D eigenvalue weighted by Gasteiger charge is -2.38. The highest BCUT2D eigenvalue weighted by atomic mass is 16.1. The van der Waals surface area contributed by atoms with Crippen molar-refractivity contribution in [1.82, 2.24) is 0 Å². The standard InChI is InChI=1S/C28H28N2O/c1-18(2)19-11-13-20(14-12-19)27-24-10-6-9-23(24)25-17-22(15-16-26(25)30-27)29-28(31)21-7-4-3-5-8-21/h3-9,11-18,23-24,27,30H,10H2,1-2H3,(H,29,31). The van der Waals surface area contributed by atoms with Gasteiger partial charge < -0.3 is 10.6 Å². The van der Waals surface area contributed by atoms with Crippen LogP contribution in [0.4, 0.5) is 11.4 Å². The van der Waals surface area contributed by atoms with Crippen LogP contribution in [0.15, 0.2) is 84.9 Å². The summed E-state index contributed by atoms with van der Waals surface area (Å²) in [4.78, 5) is 12.6. The highest BCUT2D eigenvalue weighted by Crippen LogP contribution is 2.50. The first-order valence-corrected chi connectivity index (χ1v) is 11.1. The summed E-state index contributed by atoms with van der Waals surface area (Å²) in [6, 6.07) is 24.9. The van der Waals surface area contributed by atoms with E-state index in [1.165, 1.54) is 16.7 Å². The van der Waals surface area contributed by atoms with Crippen LogP contribution >= 0.6 is 0 Å². The third-order valence-corrected chi connectivity index (χ3v) is 6.62. The Bertz CT molecular complexity index is 1120. The molecule has 0 spiro atoms. The third kappa shape index (κ3) is 3.76. The minimum atomic E-state index is -0.0778. The van der Waals surface area contributed by atoms with Gasteiger partial charge in [-0.05, 0) is 65.3 Å². The number of benzene rings is 3. The number of amides is 1. The van der Waals surface area contributed by atoms with Crippen molar-refractivity contribution >= 4 is 17.3 Å². The molecule has 0 radical (unpaired) electrons. The number of anilines is 2. The van der Waals surface area contributed by atoms with E-state index in [0.29, 0.717) is 29.4 Å². The lowest BCUT2D eigenvalue weighted by Crippen LogP contribution is -2.29. The second-order valence-electron chi connectivity index (χ2n) is 8.92. The van der Waals surface area contributed by atoms with Crippen molar-refractivity contribution < 1.29 is 4.79 Å². The summed E-state index contributed by atoms with van der Waals surface area (Å²) in [5.74, 6) is 1.31. The van der Waals surface area contributed by atoms with Gasteiger partial charge in [0.1, 0.15) is 0 Å². The normalized spacial score (nSPS) is 21.3. The fourth-order valence-electron chi connectivity index (χ4n) is 4.88. The number of fused-ring (bicyclic) bond motifs is 3. The molecule has 0 saturated carbocycles. The van der Waals surface area contributed by atoms with E-state index in [2.05, 4.69) is 73.0 Å². The first-order valence-electron chi connectivity index (χ1n) is 11.1. The summed E-state index contributed by atoms with van der Waals surface area (Å²) in [5, 5.41) is 6.85. The molecule has 3 heteroatoms. The van der Waals surface area contributed by atoms with Crippen molar-refractivity contribution in [2.45, 2.75) is 38.1 Å². The predicted octanol–water partition coefficient (Wildman–Crippen LogP) is 6.89. The molecular formula is C28H28N2O. The van der Waals surface area contributed by atoms with Crippen LogP contribution in [-0.4, -0.2) is 5.91 Å². The van der Waals surface area contributed by atoms with Crippen molar-refractivity contribution in [3.8, 4) is 0 Å². The zero-order valence-electron chi connectivity index (χ0n) is 18.0. The number of hydrogen-bond acceptors (Lipinski definition) is 2. The molecule has 0 bridgehead atoms. The summed E-state index contributed by atoms with van der Waals surface area (Å²) < 4.78 is 0. The van der Waals surface area contributed by atoms with Gasteiger partial charge in [0, 0.05) is 22.9 Å². The van der Waals surface area contributed by atoms with Crippen molar-refractivity contribution in [2.75, 3.05) is 10.6 Å². The Morgan fingerprint density at radius 3 is 2.52 bits per heavy atom. The third-order valence-electron chi connectivity index (χ3n) is 6.62. The second-order valence-corrected chi connectivity index (χ2v) is 8.92. The van der Waals surface area contributed by atoms with Crippen LogP contribution < -0.4 is 10.6 Å². The van der Waals surface area contributed by atoms with E-state index < -0.39 is 0 Å². The molecule has 3 atom stereocenters. The number of allylic oxidation sites excluding steroid dienone is 2. The Morgan fingerprint density at radius 2 is 1.77 bits per heavy atom. The molecule has 1 aliphatic carbocycles. The van der Waals surface area contributed by atoms with Gasteiger partial charge in [0.25, 0.3) is 5.91 Å². The monoisotopic (exact) mass is 408 g/mol. The van der Waals surface area contributed by atoms with E-state index in [4.69, 9.17) is 0 Å². The number of hydrogen-bond donors (Lipinski definition) is 2. The molecule has 0 aromatic heterocycles. The van der Waals surface area contributed by atoms with Gasteiger partial charge in [0.05, 0.1) is 6.04 Å². The quantitative estimate of drug-likeness (QED) is 0.462. The minimum absolute atomic E-state index is 0.0778. The van der Waals surface area contributed by atoms with Crippen LogP contribution in [-0.2, 0) is 0 Å². The molecule has 1 heterocycles. The predicted molar refractivity (Wildman–Crippen MR) is 128 cm³/mol. The molecule has 0 saturated heterocycles. The molecule has 0 fully saturated rings. The Morgan fingerprint density at radius 1 is 1.00 bits per heavy atom. The molecule has 3 aromatic carbocycles. The number of carbonyl (C=O) groups excluding carboxylic acids is 1. The summed E-state index contributed by atoms with van der Waals surface area (Å²) in [7, 11) is 0. The van der Waals surface area contributed by atoms with Gasteiger partial charge in [0.2, 0.25) is 0 Å². The van der Waals surface area contributed by atoms with Crippen LogP contribution in [0.1, 0.15) is 65.2 Å². The minimum Gasteiger partial charge on any atom is -0.378 e. The van der Waals surface area contributed by atoms with Gasteiger partial charge in [-0.1, -0.05) is 68.5 Å². The molecule has 3 aromatic rings. The Kier molecular flexibility index (Phi) is 5.11. The topological polar surface area (TPSA) is 41.1 Å². The number of nitrogens with one attached hydrogen (secondary N) is 2. The van der Waals surface area contributed by atoms with E-state index in [0.717, 1.165) is 17.8 Å². The van der Waals surface area contributed by atoms with E-state index in [1.54, 1.807) is 0 Å². The maximum atomic E-state index is 12.6. The molecule has 1 amide bonds. The zero-order valence-corrected chi connectivity index (χ0v) is 18.0. The molecule has 5 rings (SSSR count). The summed E-state index contributed by atoms with van der Waals surface area (Å²) in [5.41, 5.74) is 6.65. The highest BCUT2D eigenvalue weighted by Gasteiger charge is 2.38. The summed E-state index contributed by atoms with van der Waals surface area (Å²) in [6.45, 7) is 4.46. The summed E-state index contributed by atoms with van der Waals surface area (Å²) in [6.07, 6.45) is 5.70. The smallest absolute Gasteiger partial charge is 0.255 e. The SMILES string of the molecule is CC(C)c1ccc(C2Nc3ccc(NC(=O)c4ccccc4)cc3C3C=CCC32)cc1. The van der Waals surface area contributed by atoms with E-state index in [-0.39, 0.29) is 5.91 Å². The van der Waals surface area contributed by atoms with Crippen LogP contribution in [0, 0.1) is 5.92 Å². The molecule has 2 aliphatic rings. The first kappa shape index (κ1) is 19.6. The van der Waals surface area contributed by atoms with E-state index >= 15 is 0 Å².